The van der Waals surface area contributed by atoms with Gasteiger partial charge in [-0.2, -0.15) is 0 Å². The largest absolute Gasteiger partial charge is 0.0917 e. The molecule has 0 aliphatic heterocycles. The van der Waals surface area contributed by atoms with E-state index in [-0.39, 0.29) is 5.41 Å². The maximum Gasteiger partial charge on any atom is 0.0347 e. The minimum atomic E-state index is 0.00328. The second kappa shape index (κ2) is 2.75. The van der Waals surface area contributed by atoms with Gasteiger partial charge in [0.15, 0.2) is 0 Å². The van der Waals surface area contributed by atoms with Crippen molar-refractivity contribution in [1.82, 2.24) is 0 Å². The van der Waals surface area contributed by atoms with Crippen molar-refractivity contribution in [1.29, 1.82) is 0 Å². The topological polar surface area (TPSA) is 0 Å². The maximum absolute atomic E-state index is 5.67. The van der Waals surface area contributed by atoms with E-state index in [1.54, 1.807) is 0 Å². The molecule has 0 nitrogen and oxygen atoms in total. The Morgan fingerprint density at radius 2 is 1.75 bits per heavy atom. The molecule has 0 aliphatic rings. The SMILES string of the molecule is CC(C)(C)C(Cl)=CCl. The molecule has 0 bridgehead atoms. The van der Waals surface area contributed by atoms with E-state index in [4.69, 9.17) is 23.2 Å². The molecule has 0 aromatic heterocycles. The van der Waals surface area contributed by atoms with Gasteiger partial charge < -0.3 is 0 Å². The standard InChI is InChI=1S/C6H10Cl2/c1-6(2,3)5(8)4-7/h4H,1-3H3. The molecule has 0 unspecified atom stereocenters. The Kier molecular flexibility index (Phi) is 2.86. The summed E-state index contributed by atoms with van der Waals surface area (Å²) in [6, 6.07) is 0. The van der Waals surface area contributed by atoms with Crippen LogP contribution in [0.3, 0.4) is 0 Å². The second-order valence-electron chi connectivity index (χ2n) is 2.71. The molecule has 0 fully saturated rings. The van der Waals surface area contributed by atoms with Crippen LogP contribution in [0.15, 0.2) is 10.6 Å². The van der Waals surface area contributed by atoms with E-state index in [0.717, 1.165) is 0 Å². The van der Waals surface area contributed by atoms with Crippen LogP contribution in [0.4, 0.5) is 0 Å². The fourth-order valence-electron chi connectivity index (χ4n) is 0.164. The average molecular weight is 153 g/mol. The highest BCUT2D eigenvalue weighted by atomic mass is 35.5. The average Bonchev–Trinajstić information content (AvgIpc) is 1.62. The molecule has 0 N–H and O–H groups in total. The monoisotopic (exact) mass is 152 g/mol. The molecule has 0 saturated heterocycles. The quantitative estimate of drug-likeness (QED) is 0.500. The summed E-state index contributed by atoms with van der Waals surface area (Å²) < 4.78 is 0. The van der Waals surface area contributed by atoms with Gasteiger partial charge in [0.2, 0.25) is 0 Å². The van der Waals surface area contributed by atoms with E-state index in [9.17, 15) is 0 Å². The zero-order valence-electron chi connectivity index (χ0n) is 5.33. The summed E-state index contributed by atoms with van der Waals surface area (Å²) in [7, 11) is 0. The normalized spacial score (nSPS) is 14.4. The van der Waals surface area contributed by atoms with Crippen LogP contribution in [-0.4, -0.2) is 0 Å². The van der Waals surface area contributed by atoms with Crippen LogP contribution in [0.1, 0.15) is 20.8 Å². The van der Waals surface area contributed by atoms with Gasteiger partial charge in [0.25, 0.3) is 0 Å². The third-order valence-electron chi connectivity index (χ3n) is 0.812. The Morgan fingerprint density at radius 1 is 1.38 bits per heavy atom. The summed E-state index contributed by atoms with van der Waals surface area (Å²) in [4.78, 5) is 0. The van der Waals surface area contributed by atoms with Crippen molar-refractivity contribution < 1.29 is 0 Å². The molecule has 2 heteroatoms. The third-order valence-corrected chi connectivity index (χ3v) is 1.82. The van der Waals surface area contributed by atoms with Gasteiger partial charge in [0, 0.05) is 10.6 Å². The molecule has 0 amide bonds. The van der Waals surface area contributed by atoms with Crippen LogP contribution in [-0.2, 0) is 0 Å². The molecule has 0 saturated carbocycles. The summed E-state index contributed by atoms with van der Waals surface area (Å²) in [5, 5.41) is 0.694. The second-order valence-corrected chi connectivity index (χ2v) is 3.33. The summed E-state index contributed by atoms with van der Waals surface area (Å²) in [5.74, 6) is 0. The first-order chi connectivity index (χ1) is 3.48. The number of hydrogen-bond donors (Lipinski definition) is 0. The Morgan fingerprint density at radius 3 is 1.75 bits per heavy atom. The maximum atomic E-state index is 5.67. The number of hydrogen-bond acceptors (Lipinski definition) is 0. The van der Waals surface area contributed by atoms with Gasteiger partial charge in [-0.3, -0.25) is 0 Å². The zero-order chi connectivity index (χ0) is 6.78. The first-order valence-corrected chi connectivity index (χ1v) is 3.26. The minimum Gasteiger partial charge on any atom is -0.0917 e. The fraction of sp³-hybridized carbons (Fsp3) is 0.667. The first kappa shape index (κ1) is 8.32. The predicted octanol–water partition coefficient (Wildman–Crippen LogP) is 3.35. The van der Waals surface area contributed by atoms with Crippen LogP contribution < -0.4 is 0 Å². The van der Waals surface area contributed by atoms with Crippen molar-refractivity contribution in [3.8, 4) is 0 Å². The van der Waals surface area contributed by atoms with Crippen molar-refractivity contribution in [2.24, 2.45) is 5.41 Å². The molecule has 48 valence electrons. The van der Waals surface area contributed by atoms with Crippen LogP contribution in [0.5, 0.6) is 0 Å². The summed E-state index contributed by atoms with van der Waals surface area (Å²) in [6.07, 6.45) is 0. The smallest absolute Gasteiger partial charge is 0.0347 e. The van der Waals surface area contributed by atoms with Crippen molar-refractivity contribution in [2.75, 3.05) is 0 Å². The molecule has 0 aromatic carbocycles. The van der Waals surface area contributed by atoms with Crippen molar-refractivity contribution in [3.63, 3.8) is 0 Å². The van der Waals surface area contributed by atoms with E-state index in [0.29, 0.717) is 5.03 Å². The molecule has 0 atom stereocenters. The highest BCUT2D eigenvalue weighted by Gasteiger charge is 2.13. The molecule has 0 aromatic rings. The van der Waals surface area contributed by atoms with Crippen LogP contribution >= 0.6 is 23.2 Å². The van der Waals surface area contributed by atoms with Gasteiger partial charge in [-0.05, 0) is 5.41 Å². The Hall–Kier alpha value is 0.320. The van der Waals surface area contributed by atoms with Crippen molar-refractivity contribution in [3.05, 3.63) is 10.6 Å². The molecule has 0 spiro atoms. The molecular weight excluding hydrogens is 143 g/mol. The van der Waals surface area contributed by atoms with E-state index in [2.05, 4.69) is 0 Å². The number of allylic oxidation sites excluding steroid dienone is 1. The first-order valence-electron chi connectivity index (χ1n) is 2.45. The van der Waals surface area contributed by atoms with Crippen LogP contribution in [0.25, 0.3) is 0 Å². The van der Waals surface area contributed by atoms with Gasteiger partial charge in [-0.15, -0.1) is 0 Å². The number of rotatable bonds is 0. The van der Waals surface area contributed by atoms with Crippen molar-refractivity contribution >= 4 is 23.2 Å². The van der Waals surface area contributed by atoms with E-state index in [1.165, 1.54) is 5.54 Å². The fourth-order valence-corrected chi connectivity index (χ4v) is 0.491. The number of halogens is 2. The van der Waals surface area contributed by atoms with E-state index in [1.807, 2.05) is 20.8 Å². The lowest BCUT2D eigenvalue weighted by atomic mass is 9.97. The van der Waals surface area contributed by atoms with E-state index < -0.39 is 0 Å². The molecule has 0 radical (unpaired) electrons. The minimum absolute atomic E-state index is 0.00328. The van der Waals surface area contributed by atoms with Crippen LogP contribution in [0, 0.1) is 5.41 Å². The molecule has 0 aliphatic carbocycles. The Balaban J connectivity index is 4.03. The van der Waals surface area contributed by atoms with Gasteiger partial charge >= 0.3 is 0 Å². The predicted molar refractivity (Wildman–Crippen MR) is 39.2 cm³/mol. The molecular formula is C6H10Cl2. The Labute approximate surface area is 60.5 Å². The van der Waals surface area contributed by atoms with Gasteiger partial charge in [0.05, 0.1) is 0 Å². The third kappa shape index (κ3) is 2.58. The molecule has 0 rings (SSSR count). The van der Waals surface area contributed by atoms with Crippen LogP contribution in [0.2, 0.25) is 0 Å². The Bertz CT molecular complexity index is 97.6. The van der Waals surface area contributed by atoms with Crippen molar-refractivity contribution in [2.45, 2.75) is 20.8 Å². The van der Waals surface area contributed by atoms with Gasteiger partial charge in [-0.1, -0.05) is 44.0 Å². The summed E-state index contributed by atoms with van der Waals surface area (Å²) in [6.45, 7) is 6.02. The molecule has 0 heterocycles. The highest BCUT2D eigenvalue weighted by Crippen LogP contribution is 2.28. The van der Waals surface area contributed by atoms with E-state index >= 15 is 0 Å². The lowest BCUT2D eigenvalue weighted by molar-refractivity contribution is 0.531. The molecule has 8 heavy (non-hydrogen) atoms. The highest BCUT2D eigenvalue weighted by molar-refractivity contribution is 6.36. The summed E-state index contributed by atoms with van der Waals surface area (Å²) >= 11 is 11.0. The lowest BCUT2D eigenvalue weighted by Crippen LogP contribution is -2.03. The lowest BCUT2D eigenvalue weighted by Gasteiger charge is -2.15. The summed E-state index contributed by atoms with van der Waals surface area (Å²) in [5.41, 5.74) is 1.41. The van der Waals surface area contributed by atoms with Gasteiger partial charge in [0.1, 0.15) is 0 Å². The van der Waals surface area contributed by atoms with Gasteiger partial charge in [-0.25, -0.2) is 0 Å². The zero-order valence-corrected chi connectivity index (χ0v) is 6.85.